The van der Waals surface area contributed by atoms with Crippen molar-refractivity contribution < 1.29 is 0 Å². The second-order valence-corrected chi connectivity index (χ2v) is 4.83. The van der Waals surface area contributed by atoms with E-state index in [1.165, 1.54) is 0 Å². The van der Waals surface area contributed by atoms with Gasteiger partial charge in [-0.3, -0.25) is 0 Å². The minimum atomic E-state index is -0.0406. The molecule has 2 aromatic rings. The molecule has 0 radical (unpaired) electrons. The molecule has 0 bridgehead atoms. The summed E-state index contributed by atoms with van der Waals surface area (Å²) in [5.41, 5.74) is 8.14. The van der Waals surface area contributed by atoms with Crippen molar-refractivity contribution in [3.8, 4) is 0 Å². The number of aromatic nitrogens is 2. The van der Waals surface area contributed by atoms with Gasteiger partial charge in [0.15, 0.2) is 0 Å². The van der Waals surface area contributed by atoms with Gasteiger partial charge >= 0.3 is 0 Å². The maximum absolute atomic E-state index is 6.19. The Kier molecular flexibility index (Phi) is 4.04. The third kappa shape index (κ3) is 2.42. The largest absolute Gasteiger partial charge is 0.323 e. The van der Waals surface area contributed by atoms with Crippen LogP contribution in [0.25, 0.3) is 11.0 Å². The lowest BCUT2D eigenvalue weighted by atomic mass is 10.2. The van der Waals surface area contributed by atoms with Gasteiger partial charge in [0, 0.05) is 11.6 Å². The number of hydrogen-bond donors (Lipinski definition) is 1. The fraction of sp³-hybridized carbons (Fsp3) is 0.357. The van der Waals surface area contributed by atoms with Crippen LogP contribution in [0.4, 0.5) is 0 Å². The van der Waals surface area contributed by atoms with Gasteiger partial charge in [0.25, 0.3) is 0 Å². The first-order valence-electron chi connectivity index (χ1n) is 6.19. The van der Waals surface area contributed by atoms with E-state index < -0.39 is 0 Å². The summed E-state index contributed by atoms with van der Waals surface area (Å²) in [6, 6.07) is 5.69. The zero-order chi connectivity index (χ0) is 13.1. The number of nitrogens with two attached hydrogens (primary N) is 1. The monoisotopic (exact) mass is 263 g/mol. The fourth-order valence-electron chi connectivity index (χ4n) is 2.17. The lowest BCUT2D eigenvalue weighted by Gasteiger charge is -2.12. The van der Waals surface area contributed by atoms with E-state index in [0.717, 1.165) is 29.7 Å². The second kappa shape index (κ2) is 5.55. The Morgan fingerprint density at radius 2 is 2.33 bits per heavy atom. The van der Waals surface area contributed by atoms with Gasteiger partial charge in [-0.2, -0.15) is 0 Å². The Bertz CT molecular complexity index is 559. The molecule has 0 aliphatic rings. The average molecular weight is 264 g/mol. The van der Waals surface area contributed by atoms with Crippen LogP contribution in [0.1, 0.15) is 31.6 Å². The highest BCUT2D eigenvalue weighted by molar-refractivity contribution is 6.31. The van der Waals surface area contributed by atoms with Crippen LogP contribution in [0.3, 0.4) is 0 Å². The molecule has 1 heterocycles. The zero-order valence-corrected chi connectivity index (χ0v) is 11.3. The molecule has 0 aliphatic carbocycles. The van der Waals surface area contributed by atoms with E-state index in [2.05, 4.69) is 23.1 Å². The second-order valence-electron chi connectivity index (χ2n) is 4.40. The number of imidazole rings is 1. The van der Waals surface area contributed by atoms with Crippen LogP contribution in [0.5, 0.6) is 0 Å². The molecule has 96 valence electrons. The molecule has 4 heteroatoms. The third-order valence-electron chi connectivity index (χ3n) is 2.98. The molecular weight excluding hydrogens is 246 g/mol. The van der Waals surface area contributed by atoms with E-state index in [4.69, 9.17) is 17.3 Å². The number of rotatable bonds is 5. The van der Waals surface area contributed by atoms with Gasteiger partial charge in [-0.1, -0.05) is 31.0 Å². The average Bonchev–Trinajstić information content (AvgIpc) is 2.68. The van der Waals surface area contributed by atoms with Crippen LogP contribution in [-0.4, -0.2) is 9.55 Å². The Morgan fingerprint density at radius 3 is 3.00 bits per heavy atom. The standard InChI is InChI=1S/C14H18ClN3/c1-3-5-11(16)14-17-12-9-10(15)6-7-13(12)18(14)8-4-2/h4,6-7,9,11H,2-3,5,8,16H2,1H3. The van der Waals surface area contributed by atoms with Crippen molar-refractivity contribution in [2.24, 2.45) is 5.73 Å². The summed E-state index contributed by atoms with van der Waals surface area (Å²) in [6.07, 6.45) is 3.82. The molecule has 1 unspecified atom stereocenters. The van der Waals surface area contributed by atoms with E-state index in [-0.39, 0.29) is 6.04 Å². The van der Waals surface area contributed by atoms with E-state index in [9.17, 15) is 0 Å². The molecule has 0 saturated heterocycles. The smallest absolute Gasteiger partial charge is 0.127 e. The minimum Gasteiger partial charge on any atom is -0.323 e. The molecule has 18 heavy (non-hydrogen) atoms. The first kappa shape index (κ1) is 13.1. The van der Waals surface area contributed by atoms with Crippen molar-refractivity contribution in [2.75, 3.05) is 0 Å². The molecule has 0 amide bonds. The molecule has 1 aromatic carbocycles. The summed E-state index contributed by atoms with van der Waals surface area (Å²) in [4.78, 5) is 4.62. The summed E-state index contributed by atoms with van der Waals surface area (Å²) in [5.74, 6) is 0.911. The fourth-order valence-corrected chi connectivity index (χ4v) is 2.33. The topological polar surface area (TPSA) is 43.8 Å². The SMILES string of the molecule is C=CCn1c(C(N)CCC)nc2cc(Cl)ccc21. The van der Waals surface area contributed by atoms with Crippen molar-refractivity contribution in [3.63, 3.8) is 0 Å². The predicted octanol–water partition coefficient (Wildman–Crippen LogP) is 3.68. The molecule has 2 N–H and O–H groups in total. The Labute approximate surface area is 112 Å². The first-order chi connectivity index (χ1) is 8.67. The van der Waals surface area contributed by atoms with Crippen LogP contribution in [0.15, 0.2) is 30.9 Å². The number of nitrogens with zero attached hydrogens (tertiary/aromatic N) is 2. The van der Waals surface area contributed by atoms with Crippen molar-refractivity contribution in [3.05, 3.63) is 41.7 Å². The highest BCUT2D eigenvalue weighted by Gasteiger charge is 2.15. The maximum atomic E-state index is 6.19. The van der Waals surface area contributed by atoms with E-state index in [0.29, 0.717) is 11.6 Å². The molecular formula is C14H18ClN3. The van der Waals surface area contributed by atoms with Gasteiger partial charge < -0.3 is 10.3 Å². The highest BCUT2D eigenvalue weighted by atomic mass is 35.5. The lowest BCUT2D eigenvalue weighted by Crippen LogP contribution is -2.16. The molecule has 0 fully saturated rings. The molecule has 1 atom stereocenters. The normalized spacial score (nSPS) is 12.8. The zero-order valence-electron chi connectivity index (χ0n) is 10.6. The number of hydrogen-bond acceptors (Lipinski definition) is 2. The Morgan fingerprint density at radius 1 is 1.56 bits per heavy atom. The van der Waals surface area contributed by atoms with Crippen molar-refractivity contribution in [1.82, 2.24) is 9.55 Å². The van der Waals surface area contributed by atoms with Crippen molar-refractivity contribution >= 4 is 22.6 Å². The Hall–Kier alpha value is -1.32. The van der Waals surface area contributed by atoms with Gasteiger partial charge in [-0.05, 0) is 24.6 Å². The van der Waals surface area contributed by atoms with Crippen molar-refractivity contribution in [2.45, 2.75) is 32.4 Å². The van der Waals surface area contributed by atoms with Gasteiger partial charge in [0.1, 0.15) is 5.82 Å². The van der Waals surface area contributed by atoms with Gasteiger partial charge in [-0.15, -0.1) is 6.58 Å². The van der Waals surface area contributed by atoms with Crippen LogP contribution >= 0.6 is 11.6 Å². The lowest BCUT2D eigenvalue weighted by molar-refractivity contribution is 0.574. The van der Waals surface area contributed by atoms with E-state index in [1.54, 1.807) is 0 Å². The number of halogens is 1. The van der Waals surface area contributed by atoms with Gasteiger partial charge in [0.05, 0.1) is 17.1 Å². The minimum absolute atomic E-state index is 0.0406. The number of allylic oxidation sites excluding steroid dienone is 1. The first-order valence-corrected chi connectivity index (χ1v) is 6.57. The van der Waals surface area contributed by atoms with Crippen LogP contribution in [0.2, 0.25) is 5.02 Å². The van der Waals surface area contributed by atoms with E-state index in [1.807, 2.05) is 24.3 Å². The summed E-state index contributed by atoms with van der Waals surface area (Å²) < 4.78 is 2.11. The molecule has 1 aromatic heterocycles. The van der Waals surface area contributed by atoms with Crippen LogP contribution < -0.4 is 5.73 Å². The maximum Gasteiger partial charge on any atom is 0.127 e. The molecule has 3 nitrogen and oxygen atoms in total. The van der Waals surface area contributed by atoms with Gasteiger partial charge in [0.2, 0.25) is 0 Å². The van der Waals surface area contributed by atoms with Crippen molar-refractivity contribution in [1.29, 1.82) is 0 Å². The summed E-state index contributed by atoms with van der Waals surface area (Å²) in [5, 5.41) is 0.696. The summed E-state index contributed by atoms with van der Waals surface area (Å²) >= 11 is 6.00. The quantitative estimate of drug-likeness (QED) is 0.837. The third-order valence-corrected chi connectivity index (χ3v) is 3.22. The summed E-state index contributed by atoms with van der Waals surface area (Å²) in [7, 11) is 0. The molecule has 0 spiro atoms. The molecule has 0 aliphatic heterocycles. The molecule has 0 saturated carbocycles. The van der Waals surface area contributed by atoms with Crippen LogP contribution in [0, 0.1) is 0 Å². The highest BCUT2D eigenvalue weighted by Crippen LogP contribution is 2.24. The number of fused-ring (bicyclic) bond motifs is 1. The Balaban J connectivity index is 2.56. The van der Waals surface area contributed by atoms with E-state index >= 15 is 0 Å². The summed E-state index contributed by atoms with van der Waals surface area (Å²) in [6.45, 7) is 6.63. The predicted molar refractivity (Wildman–Crippen MR) is 76.8 cm³/mol. The van der Waals surface area contributed by atoms with Gasteiger partial charge in [-0.25, -0.2) is 4.98 Å². The number of benzene rings is 1. The molecule has 2 rings (SSSR count). The van der Waals surface area contributed by atoms with Crippen LogP contribution in [-0.2, 0) is 6.54 Å².